The van der Waals surface area contributed by atoms with E-state index in [1.165, 1.54) is 32.1 Å². The lowest BCUT2D eigenvalue weighted by Crippen LogP contribution is -2.74. The van der Waals surface area contributed by atoms with E-state index >= 15 is 0 Å². The summed E-state index contributed by atoms with van der Waals surface area (Å²) in [6.45, 7) is 0.781. The van der Waals surface area contributed by atoms with Crippen LogP contribution in [0.1, 0.15) is 96.8 Å². The Kier molecular flexibility index (Phi) is 16.3. The highest BCUT2D eigenvalue weighted by Crippen LogP contribution is 2.64. The Hall–Kier alpha value is -1.76. The van der Waals surface area contributed by atoms with E-state index < -0.39 is 64.8 Å². The van der Waals surface area contributed by atoms with Gasteiger partial charge in [0.05, 0.1) is 20.6 Å². The van der Waals surface area contributed by atoms with Crippen LogP contribution in [-0.4, -0.2) is 85.5 Å². The maximum atomic E-state index is 14.0. The van der Waals surface area contributed by atoms with Gasteiger partial charge in [-0.15, -0.1) is 0 Å². The Bertz CT molecular complexity index is 982. The third-order valence-electron chi connectivity index (χ3n) is 7.61. The first kappa shape index (κ1) is 46.2. The lowest BCUT2D eigenvalue weighted by atomic mass is 9.90. The molecule has 0 saturated heterocycles. The maximum absolute atomic E-state index is 14.0. The van der Waals surface area contributed by atoms with E-state index in [-0.39, 0.29) is 6.54 Å². The number of alkyl halides is 17. The van der Waals surface area contributed by atoms with Crippen LogP contribution in [0.3, 0.4) is 0 Å². The highest BCUT2D eigenvalue weighted by atomic mass is 19.4. The molecule has 0 fully saturated rings. The normalized spacial score (nSPS) is 14.8. The number of likely N-dealkylation sites (N-methyl/N-ethyl adjacent to an activating group) is 1. The minimum Gasteiger partial charge on any atom is -0.392 e. The number of unbranched alkanes of at least 4 members (excludes halogenated alkanes) is 13. The van der Waals surface area contributed by atoms with Crippen LogP contribution >= 0.6 is 0 Å². The zero-order valence-electron chi connectivity index (χ0n) is 26.5. The molecule has 0 radical (unpaired) electrons. The molecule has 20 heteroatoms. The zero-order chi connectivity index (χ0) is 38.1. The van der Waals surface area contributed by atoms with Gasteiger partial charge < -0.3 is 9.22 Å². The number of ether oxygens (including phenoxy) is 1. The van der Waals surface area contributed by atoms with Gasteiger partial charge >= 0.3 is 53.8 Å². The molecule has 0 saturated carbocycles. The Morgan fingerprint density at radius 3 is 1.08 bits per heavy atom. The van der Waals surface area contributed by atoms with Crippen molar-refractivity contribution in [1.82, 2.24) is 0 Å². The van der Waals surface area contributed by atoms with Crippen LogP contribution < -0.4 is 0 Å². The summed E-state index contributed by atoms with van der Waals surface area (Å²) in [6.07, 6.45) is -1.33. The number of esters is 1. The second-order valence-corrected chi connectivity index (χ2v) is 12.3. The third kappa shape index (κ3) is 10.6. The van der Waals surface area contributed by atoms with Crippen molar-refractivity contribution in [2.75, 3.05) is 27.2 Å². The largest absolute Gasteiger partial charge is 0.473 e. The summed E-state index contributed by atoms with van der Waals surface area (Å²) in [7, 11) is 2.29. The Morgan fingerprint density at radius 1 is 0.458 bits per heavy atom. The van der Waals surface area contributed by atoms with Crippen LogP contribution in [0.2, 0.25) is 0 Å². The van der Waals surface area contributed by atoms with E-state index in [1.54, 1.807) is 0 Å². The first-order valence-corrected chi connectivity index (χ1v) is 15.2. The molecule has 0 rings (SSSR count). The van der Waals surface area contributed by atoms with E-state index in [9.17, 15) is 79.4 Å². The van der Waals surface area contributed by atoms with Gasteiger partial charge in [0, 0.05) is 0 Å². The third-order valence-corrected chi connectivity index (χ3v) is 7.61. The number of quaternary nitrogens is 1. The molecule has 0 N–H and O–H groups in total. The minimum absolute atomic E-state index is 0.0297. The Labute approximate surface area is 267 Å². The quantitative estimate of drug-likeness (QED) is 0.0426. The van der Waals surface area contributed by atoms with E-state index in [0.717, 1.165) is 52.6 Å². The average molecular weight is 747 g/mol. The van der Waals surface area contributed by atoms with Gasteiger partial charge in [-0.2, -0.15) is 74.6 Å². The van der Waals surface area contributed by atoms with Crippen molar-refractivity contribution in [1.29, 1.82) is 0 Å². The molecule has 0 aliphatic rings. The second kappa shape index (κ2) is 17.0. The number of rotatable bonds is 24. The summed E-state index contributed by atoms with van der Waals surface area (Å²) >= 11 is 0. The van der Waals surface area contributed by atoms with Crippen molar-refractivity contribution < 1.29 is 88.7 Å². The van der Waals surface area contributed by atoms with Gasteiger partial charge in [-0.1, -0.05) is 84.0 Å². The molecule has 0 aromatic heterocycles. The molecule has 48 heavy (non-hydrogen) atoms. The number of halogens is 17. The van der Waals surface area contributed by atoms with Crippen molar-refractivity contribution in [2.45, 2.75) is 145 Å². The molecule has 0 heterocycles. The molecule has 0 aliphatic heterocycles. The van der Waals surface area contributed by atoms with Crippen LogP contribution in [0.25, 0.3) is 0 Å². The van der Waals surface area contributed by atoms with Gasteiger partial charge in [-0.3, -0.25) is 0 Å². The highest BCUT2D eigenvalue weighted by Gasteiger charge is 2.96. The molecule has 0 aromatic rings. The molecule has 0 aliphatic carbocycles. The Balaban J connectivity index is 5.20. The van der Waals surface area contributed by atoms with Crippen LogP contribution in [0, 0.1) is 0 Å². The molecule has 0 bridgehead atoms. The summed E-state index contributed by atoms with van der Waals surface area (Å²) in [5.41, 5.74) is 0. The van der Waals surface area contributed by atoms with E-state index in [1.807, 2.05) is 0 Å². The van der Waals surface area contributed by atoms with Crippen LogP contribution in [-0.2, 0) is 9.53 Å². The number of nitrogens with zero attached hydrogens (tertiary/aromatic N) is 1. The van der Waals surface area contributed by atoms with Crippen molar-refractivity contribution in [3.8, 4) is 0 Å². The summed E-state index contributed by atoms with van der Waals surface area (Å²) in [4.78, 5) is 11.9. The van der Waals surface area contributed by atoms with Crippen LogP contribution in [0.15, 0.2) is 0 Å². The predicted octanol–water partition coefficient (Wildman–Crippen LogP) is 11.1. The molecule has 0 amide bonds. The van der Waals surface area contributed by atoms with Gasteiger partial charge in [0.15, 0.2) is 6.54 Å². The van der Waals surface area contributed by atoms with Gasteiger partial charge in [0.2, 0.25) is 0 Å². The smallest absolute Gasteiger partial charge is 0.392 e. The van der Waals surface area contributed by atoms with Crippen molar-refractivity contribution in [3.05, 3.63) is 0 Å². The lowest BCUT2D eigenvalue weighted by Gasteiger charge is -2.42. The van der Waals surface area contributed by atoms with Crippen LogP contribution in [0.4, 0.5) is 74.6 Å². The van der Waals surface area contributed by atoms with Gasteiger partial charge in [0.25, 0.3) is 0 Å². The molecule has 288 valence electrons. The Morgan fingerprint density at radius 2 is 0.750 bits per heavy atom. The fourth-order valence-electron chi connectivity index (χ4n) is 4.55. The fraction of sp³-hybridized carbons (Fsp3) is 0.964. The van der Waals surface area contributed by atoms with Gasteiger partial charge in [-0.05, 0) is 12.8 Å². The number of hydrogen-bond donors (Lipinski definition) is 0. The highest BCUT2D eigenvalue weighted by molar-refractivity contribution is 5.71. The monoisotopic (exact) mass is 746 g/mol. The number of hydrogen-bond acceptors (Lipinski definition) is 2. The SMILES string of the molecule is CCCCCCCCCCCCCCCC[N+](C)(C)CC(=O)OC(F)(F)C(F)(F)C(F)(F)C(F)(F)C(F)(F)C(F)(F)C(F)(F)C(F)(F)F. The van der Waals surface area contributed by atoms with Crippen molar-refractivity contribution in [2.24, 2.45) is 0 Å². The topological polar surface area (TPSA) is 26.3 Å². The molecule has 0 aromatic carbocycles. The molecule has 0 atom stereocenters. The van der Waals surface area contributed by atoms with Crippen molar-refractivity contribution >= 4 is 5.97 Å². The predicted molar refractivity (Wildman–Crippen MR) is 139 cm³/mol. The fourth-order valence-corrected chi connectivity index (χ4v) is 4.55. The van der Waals surface area contributed by atoms with E-state index in [4.69, 9.17) is 0 Å². The van der Waals surface area contributed by atoms with Crippen molar-refractivity contribution in [3.63, 3.8) is 0 Å². The average Bonchev–Trinajstić information content (AvgIpc) is 2.91. The van der Waals surface area contributed by atoms with Crippen LogP contribution in [0.5, 0.6) is 0 Å². The lowest BCUT2D eigenvalue weighted by molar-refractivity contribution is -0.883. The molecule has 0 unspecified atom stereocenters. The first-order valence-electron chi connectivity index (χ1n) is 15.2. The molecule has 0 spiro atoms. The van der Waals surface area contributed by atoms with E-state index in [0.29, 0.717) is 19.3 Å². The summed E-state index contributed by atoms with van der Waals surface area (Å²) in [5, 5.41) is 0. The standard InChI is InChI=1S/C28H41F17NO2/c1-4-5-6-7-8-9-10-11-12-13-14-15-16-17-18-46(2,3)19-20(47)48-28(44,45)26(39,40)24(35,36)22(31,32)21(29,30)23(33,34)25(37,38)27(41,42)43/h4-19H2,1-3H3/q+1. The summed E-state index contributed by atoms with van der Waals surface area (Å²) < 4.78 is 229. The number of carbonyl (C=O) groups excluding carboxylic acids is 1. The first-order chi connectivity index (χ1) is 21.4. The van der Waals surface area contributed by atoms with Gasteiger partial charge in [-0.25, -0.2) is 4.79 Å². The summed E-state index contributed by atoms with van der Waals surface area (Å²) in [5.74, 6) is -53.4. The van der Waals surface area contributed by atoms with E-state index in [2.05, 4.69) is 11.7 Å². The number of carbonyl (C=O) groups is 1. The minimum atomic E-state index is -8.74. The zero-order valence-corrected chi connectivity index (χ0v) is 26.5. The molecular formula is C28H41F17NO2+. The second-order valence-electron chi connectivity index (χ2n) is 12.3. The van der Waals surface area contributed by atoms with Gasteiger partial charge in [0.1, 0.15) is 0 Å². The summed E-state index contributed by atoms with van der Waals surface area (Å²) in [6, 6.07) is 0. The maximum Gasteiger partial charge on any atom is 0.473 e. The molecular weight excluding hydrogens is 705 g/mol. The molecule has 3 nitrogen and oxygen atoms in total.